The van der Waals surface area contributed by atoms with Crippen LogP contribution in [0.5, 0.6) is 11.5 Å². The van der Waals surface area contributed by atoms with Crippen LogP contribution in [0.15, 0.2) is 12.1 Å². The molecule has 0 spiro atoms. The Hall–Kier alpha value is -1.22. The molecule has 1 atom stereocenters. The minimum atomic E-state index is 0.441. The summed E-state index contributed by atoms with van der Waals surface area (Å²) in [5.74, 6) is 1.87. The lowest BCUT2D eigenvalue weighted by atomic mass is 9.98. The van der Waals surface area contributed by atoms with Crippen LogP contribution < -0.4 is 14.8 Å². The highest BCUT2D eigenvalue weighted by molar-refractivity contribution is 5.52. The number of fused-ring (bicyclic) bond motifs is 1. The van der Waals surface area contributed by atoms with E-state index in [2.05, 4.69) is 18.3 Å². The van der Waals surface area contributed by atoms with Crippen LogP contribution >= 0.6 is 0 Å². The van der Waals surface area contributed by atoms with Gasteiger partial charge in [0, 0.05) is 11.6 Å². The predicted molar refractivity (Wildman–Crippen MR) is 62.1 cm³/mol. The van der Waals surface area contributed by atoms with Gasteiger partial charge in [-0.3, -0.25) is 0 Å². The summed E-state index contributed by atoms with van der Waals surface area (Å²) in [6.07, 6.45) is 2.44. The summed E-state index contributed by atoms with van der Waals surface area (Å²) in [4.78, 5) is 0. The molecule has 2 aliphatic heterocycles. The van der Waals surface area contributed by atoms with Gasteiger partial charge in [-0.25, -0.2) is 0 Å². The monoisotopic (exact) mass is 219 g/mol. The van der Waals surface area contributed by atoms with E-state index in [1.807, 2.05) is 6.07 Å². The lowest BCUT2D eigenvalue weighted by Crippen LogP contribution is -2.20. The minimum Gasteiger partial charge on any atom is -0.486 e. The summed E-state index contributed by atoms with van der Waals surface area (Å²) in [7, 11) is 0. The van der Waals surface area contributed by atoms with E-state index in [9.17, 15) is 0 Å². The van der Waals surface area contributed by atoms with E-state index in [0.717, 1.165) is 18.0 Å². The molecule has 86 valence electrons. The molecule has 3 nitrogen and oxygen atoms in total. The Labute approximate surface area is 95.8 Å². The van der Waals surface area contributed by atoms with Crippen molar-refractivity contribution in [3.8, 4) is 11.5 Å². The van der Waals surface area contributed by atoms with Gasteiger partial charge < -0.3 is 14.8 Å². The standard InChI is InChI=1S/C13H17NO2/c1-9-4-5-11-13(16-8-7-15-11)12(9)10-3-2-6-14-10/h4-5,10,14H,2-3,6-8H2,1H3. The molecule has 0 radical (unpaired) electrons. The molecular formula is C13H17NO2. The summed E-state index contributed by atoms with van der Waals surface area (Å²) >= 11 is 0. The topological polar surface area (TPSA) is 30.5 Å². The molecule has 3 heteroatoms. The van der Waals surface area contributed by atoms with Crippen LogP contribution in [-0.4, -0.2) is 19.8 Å². The van der Waals surface area contributed by atoms with Crippen molar-refractivity contribution in [3.05, 3.63) is 23.3 Å². The van der Waals surface area contributed by atoms with Gasteiger partial charge in [0.2, 0.25) is 0 Å². The highest BCUT2D eigenvalue weighted by Crippen LogP contribution is 2.41. The molecule has 1 saturated heterocycles. The number of aryl methyl sites for hydroxylation is 1. The molecule has 16 heavy (non-hydrogen) atoms. The molecule has 1 aromatic carbocycles. The molecule has 2 aliphatic rings. The average molecular weight is 219 g/mol. The van der Waals surface area contributed by atoms with Crippen molar-refractivity contribution in [3.63, 3.8) is 0 Å². The quantitative estimate of drug-likeness (QED) is 0.785. The largest absolute Gasteiger partial charge is 0.486 e. The first-order valence-corrected chi connectivity index (χ1v) is 5.99. The van der Waals surface area contributed by atoms with Crippen molar-refractivity contribution < 1.29 is 9.47 Å². The second-order valence-corrected chi connectivity index (χ2v) is 4.47. The Kier molecular flexibility index (Phi) is 2.48. The fourth-order valence-electron chi connectivity index (χ4n) is 2.60. The van der Waals surface area contributed by atoms with Gasteiger partial charge >= 0.3 is 0 Å². The number of rotatable bonds is 1. The van der Waals surface area contributed by atoms with Crippen LogP contribution in [0.1, 0.15) is 30.0 Å². The molecule has 0 saturated carbocycles. The van der Waals surface area contributed by atoms with Gasteiger partial charge in [-0.15, -0.1) is 0 Å². The summed E-state index contributed by atoms with van der Waals surface area (Å²) < 4.78 is 11.4. The normalized spacial score (nSPS) is 23.4. The third-order valence-corrected chi connectivity index (χ3v) is 3.37. The fourth-order valence-corrected chi connectivity index (χ4v) is 2.60. The fraction of sp³-hybridized carbons (Fsp3) is 0.538. The maximum Gasteiger partial charge on any atom is 0.166 e. The van der Waals surface area contributed by atoms with Crippen molar-refractivity contribution in [2.45, 2.75) is 25.8 Å². The number of hydrogen-bond acceptors (Lipinski definition) is 3. The molecular weight excluding hydrogens is 202 g/mol. The van der Waals surface area contributed by atoms with Gasteiger partial charge in [-0.2, -0.15) is 0 Å². The van der Waals surface area contributed by atoms with E-state index in [1.54, 1.807) is 0 Å². The van der Waals surface area contributed by atoms with E-state index in [0.29, 0.717) is 19.3 Å². The second kappa shape index (κ2) is 3.98. The highest BCUT2D eigenvalue weighted by Gasteiger charge is 2.26. The zero-order valence-corrected chi connectivity index (χ0v) is 9.58. The Morgan fingerprint density at radius 1 is 1.25 bits per heavy atom. The van der Waals surface area contributed by atoms with Crippen molar-refractivity contribution >= 4 is 0 Å². The molecule has 1 fully saturated rings. The smallest absolute Gasteiger partial charge is 0.166 e. The Balaban J connectivity index is 2.06. The molecule has 1 aromatic rings. The van der Waals surface area contributed by atoms with Crippen LogP contribution in [0.2, 0.25) is 0 Å². The molecule has 1 N–H and O–H groups in total. The zero-order valence-electron chi connectivity index (χ0n) is 9.58. The molecule has 0 amide bonds. The van der Waals surface area contributed by atoms with Crippen LogP contribution in [0.25, 0.3) is 0 Å². The van der Waals surface area contributed by atoms with Crippen molar-refractivity contribution in [2.75, 3.05) is 19.8 Å². The summed E-state index contributed by atoms with van der Waals surface area (Å²) in [5, 5.41) is 3.53. The number of hydrogen-bond donors (Lipinski definition) is 1. The lowest BCUT2D eigenvalue weighted by molar-refractivity contribution is 0.168. The third kappa shape index (κ3) is 1.55. The molecule has 0 aromatic heterocycles. The summed E-state index contributed by atoms with van der Waals surface area (Å²) in [6.45, 7) is 4.58. The number of benzene rings is 1. The zero-order chi connectivity index (χ0) is 11.0. The van der Waals surface area contributed by atoms with Crippen LogP contribution in [0.3, 0.4) is 0 Å². The first kappa shape index (κ1) is 9.97. The van der Waals surface area contributed by atoms with Crippen LogP contribution in [0, 0.1) is 6.92 Å². The van der Waals surface area contributed by atoms with Crippen molar-refractivity contribution in [1.29, 1.82) is 0 Å². The number of ether oxygens (including phenoxy) is 2. The van der Waals surface area contributed by atoms with Gasteiger partial charge in [0.1, 0.15) is 13.2 Å². The molecule has 2 heterocycles. The molecule has 0 bridgehead atoms. The van der Waals surface area contributed by atoms with E-state index >= 15 is 0 Å². The molecule has 3 rings (SSSR count). The van der Waals surface area contributed by atoms with Crippen LogP contribution in [0.4, 0.5) is 0 Å². The molecule has 0 aliphatic carbocycles. The summed E-state index contributed by atoms with van der Waals surface area (Å²) in [6, 6.07) is 4.59. The van der Waals surface area contributed by atoms with E-state index in [1.165, 1.54) is 24.0 Å². The molecule has 1 unspecified atom stereocenters. The second-order valence-electron chi connectivity index (χ2n) is 4.47. The van der Waals surface area contributed by atoms with Gasteiger partial charge in [0.15, 0.2) is 11.5 Å². The van der Waals surface area contributed by atoms with Gasteiger partial charge in [-0.05, 0) is 37.9 Å². The van der Waals surface area contributed by atoms with E-state index < -0.39 is 0 Å². The van der Waals surface area contributed by atoms with Gasteiger partial charge in [-0.1, -0.05) is 6.07 Å². The van der Waals surface area contributed by atoms with Gasteiger partial charge in [0.05, 0.1) is 0 Å². The van der Waals surface area contributed by atoms with E-state index in [4.69, 9.17) is 9.47 Å². The van der Waals surface area contributed by atoms with E-state index in [-0.39, 0.29) is 0 Å². The van der Waals surface area contributed by atoms with Crippen LogP contribution in [-0.2, 0) is 0 Å². The Morgan fingerprint density at radius 3 is 2.94 bits per heavy atom. The first-order chi connectivity index (χ1) is 7.86. The predicted octanol–water partition coefficient (Wildman–Crippen LogP) is 2.19. The lowest BCUT2D eigenvalue weighted by Gasteiger charge is -2.25. The highest BCUT2D eigenvalue weighted by atomic mass is 16.6. The SMILES string of the molecule is Cc1ccc2c(c1C1CCCN1)OCCO2. The Morgan fingerprint density at radius 2 is 2.12 bits per heavy atom. The average Bonchev–Trinajstić information content (AvgIpc) is 2.82. The Bertz CT molecular complexity index is 397. The number of nitrogens with one attached hydrogen (secondary N) is 1. The first-order valence-electron chi connectivity index (χ1n) is 5.99. The summed E-state index contributed by atoms with van der Waals surface area (Å²) in [5.41, 5.74) is 2.60. The van der Waals surface area contributed by atoms with Gasteiger partial charge in [0.25, 0.3) is 0 Å². The van der Waals surface area contributed by atoms with Crippen molar-refractivity contribution in [1.82, 2.24) is 5.32 Å². The maximum atomic E-state index is 5.78. The third-order valence-electron chi connectivity index (χ3n) is 3.37. The maximum absolute atomic E-state index is 5.78. The van der Waals surface area contributed by atoms with Crippen molar-refractivity contribution in [2.24, 2.45) is 0 Å². The minimum absolute atomic E-state index is 0.441.